The van der Waals surface area contributed by atoms with Crippen LogP contribution >= 0.6 is 0 Å². The van der Waals surface area contributed by atoms with Crippen molar-refractivity contribution in [2.45, 2.75) is 19.8 Å². The maximum atomic E-state index is 6.01. The van der Waals surface area contributed by atoms with Gasteiger partial charge in [0.15, 0.2) is 0 Å². The summed E-state index contributed by atoms with van der Waals surface area (Å²) in [7, 11) is 0. The van der Waals surface area contributed by atoms with Gasteiger partial charge in [-0.05, 0) is 24.5 Å². The van der Waals surface area contributed by atoms with Crippen molar-refractivity contribution in [3.63, 3.8) is 0 Å². The number of hydrogen-bond acceptors (Lipinski definition) is 3. The van der Waals surface area contributed by atoms with E-state index in [0.29, 0.717) is 0 Å². The third-order valence-electron chi connectivity index (χ3n) is 2.97. The Kier molecular flexibility index (Phi) is 3.67. The van der Waals surface area contributed by atoms with Crippen LogP contribution in [0.1, 0.15) is 18.9 Å². The Hall–Kier alpha value is -1.22. The second-order valence-corrected chi connectivity index (χ2v) is 4.20. The molecule has 0 fully saturated rings. The molecule has 88 valence electrons. The first-order valence-corrected chi connectivity index (χ1v) is 6.03. The number of para-hydroxylation sites is 1. The van der Waals surface area contributed by atoms with Crippen LogP contribution in [0.3, 0.4) is 0 Å². The molecule has 0 atom stereocenters. The van der Waals surface area contributed by atoms with Gasteiger partial charge in [-0.3, -0.25) is 0 Å². The van der Waals surface area contributed by atoms with E-state index in [2.05, 4.69) is 17.9 Å². The fourth-order valence-corrected chi connectivity index (χ4v) is 2.21. The lowest BCUT2D eigenvalue weighted by atomic mass is 10.1. The van der Waals surface area contributed by atoms with Gasteiger partial charge < -0.3 is 15.4 Å². The summed E-state index contributed by atoms with van der Waals surface area (Å²) >= 11 is 0. The number of nitrogens with two attached hydrogens (primary N) is 1. The summed E-state index contributed by atoms with van der Waals surface area (Å²) in [4.78, 5) is 2.33. The molecule has 3 heteroatoms. The van der Waals surface area contributed by atoms with Gasteiger partial charge in [0, 0.05) is 19.7 Å². The van der Waals surface area contributed by atoms with E-state index in [1.807, 2.05) is 12.1 Å². The Bertz CT molecular complexity index is 352. The summed E-state index contributed by atoms with van der Waals surface area (Å²) in [6.45, 7) is 5.79. The quantitative estimate of drug-likeness (QED) is 0.609. The molecule has 2 rings (SSSR count). The molecule has 1 aliphatic rings. The molecule has 0 saturated carbocycles. The highest BCUT2D eigenvalue weighted by molar-refractivity contribution is 5.74. The van der Waals surface area contributed by atoms with Crippen molar-refractivity contribution in [3.8, 4) is 0 Å². The zero-order chi connectivity index (χ0) is 11.4. The molecule has 0 saturated heterocycles. The van der Waals surface area contributed by atoms with Crippen molar-refractivity contribution in [2.24, 2.45) is 0 Å². The molecule has 1 aliphatic heterocycles. The van der Waals surface area contributed by atoms with E-state index < -0.39 is 0 Å². The zero-order valence-electron chi connectivity index (χ0n) is 9.91. The maximum Gasteiger partial charge on any atom is 0.0641 e. The number of benzene rings is 1. The third kappa shape index (κ3) is 2.30. The number of ether oxygens (including phenoxy) is 1. The van der Waals surface area contributed by atoms with E-state index >= 15 is 0 Å². The molecule has 0 radical (unpaired) electrons. The van der Waals surface area contributed by atoms with Gasteiger partial charge in [-0.15, -0.1) is 0 Å². The number of nitrogens with zero attached hydrogens (tertiary/aromatic N) is 1. The van der Waals surface area contributed by atoms with Gasteiger partial charge in [-0.25, -0.2) is 0 Å². The predicted octanol–water partition coefficient (Wildman–Crippen LogP) is 2.06. The fourth-order valence-electron chi connectivity index (χ4n) is 2.21. The average molecular weight is 220 g/mol. The lowest BCUT2D eigenvalue weighted by Crippen LogP contribution is -2.26. The molecule has 1 aromatic rings. The Labute approximate surface area is 97.2 Å². The van der Waals surface area contributed by atoms with Gasteiger partial charge in [0.25, 0.3) is 0 Å². The van der Waals surface area contributed by atoms with E-state index in [4.69, 9.17) is 10.5 Å². The highest BCUT2D eigenvalue weighted by atomic mass is 16.5. The van der Waals surface area contributed by atoms with E-state index in [9.17, 15) is 0 Å². The van der Waals surface area contributed by atoms with E-state index in [1.54, 1.807) is 0 Å². The van der Waals surface area contributed by atoms with Crippen LogP contribution in [-0.2, 0) is 11.2 Å². The molecule has 1 heterocycles. The van der Waals surface area contributed by atoms with Crippen molar-refractivity contribution in [2.75, 3.05) is 36.9 Å². The lowest BCUT2D eigenvalue weighted by Gasteiger charge is -2.20. The summed E-state index contributed by atoms with van der Waals surface area (Å²) < 4.78 is 5.52. The van der Waals surface area contributed by atoms with Gasteiger partial charge in [0.2, 0.25) is 0 Å². The largest absolute Gasteiger partial charge is 0.397 e. The van der Waals surface area contributed by atoms with Crippen molar-refractivity contribution in [1.29, 1.82) is 0 Å². The lowest BCUT2D eigenvalue weighted by molar-refractivity contribution is 0.141. The summed E-state index contributed by atoms with van der Waals surface area (Å²) in [6.07, 6.45) is 2.19. The molecule has 0 spiro atoms. The van der Waals surface area contributed by atoms with Crippen LogP contribution in [-0.4, -0.2) is 26.3 Å². The number of anilines is 2. The third-order valence-corrected chi connectivity index (χ3v) is 2.97. The monoisotopic (exact) mass is 220 g/mol. The van der Waals surface area contributed by atoms with Gasteiger partial charge in [0.05, 0.1) is 18.0 Å². The molecule has 0 bridgehead atoms. The molecule has 2 N–H and O–H groups in total. The summed E-state index contributed by atoms with van der Waals surface area (Å²) in [5, 5.41) is 0. The predicted molar refractivity (Wildman–Crippen MR) is 67.9 cm³/mol. The molecule has 0 aliphatic carbocycles. The molecule has 0 unspecified atom stereocenters. The van der Waals surface area contributed by atoms with Crippen LogP contribution in [0, 0.1) is 0 Å². The Balaban J connectivity index is 1.95. The number of rotatable bonds is 5. The first kappa shape index (κ1) is 11.3. The first-order valence-electron chi connectivity index (χ1n) is 6.03. The normalized spacial score (nSPS) is 14.2. The SMILES string of the molecule is CCCOCCN1CCc2cccc(N)c21. The van der Waals surface area contributed by atoms with Crippen LogP contribution < -0.4 is 10.6 Å². The number of fused-ring (bicyclic) bond motifs is 1. The van der Waals surface area contributed by atoms with E-state index in [-0.39, 0.29) is 0 Å². The molecular weight excluding hydrogens is 200 g/mol. The van der Waals surface area contributed by atoms with Crippen LogP contribution in [0.5, 0.6) is 0 Å². The molecule has 3 nitrogen and oxygen atoms in total. The second kappa shape index (κ2) is 5.21. The van der Waals surface area contributed by atoms with Crippen LogP contribution in [0.15, 0.2) is 18.2 Å². The highest BCUT2D eigenvalue weighted by Gasteiger charge is 2.20. The van der Waals surface area contributed by atoms with Crippen molar-refractivity contribution >= 4 is 11.4 Å². The summed E-state index contributed by atoms with van der Waals surface area (Å²) in [6, 6.07) is 6.17. The summed E-state index contributed by atoms with van der Waals surface area (Å²) in [5.74, 6) is 0. The van der Waals surface area contributed by atoms with Gasteiger partial charge >= 0.3 is 0 Å². The van der Waals surface area contributed by atoms with Crippen LogP contribution in [0.2, 0.25) is 0 Å². The summed E-state index contributed by atoms with van der Waals surface area (Å²) in [5.41, 5.74) is 9.50. The molecule has 0 aromatic heterocycles. The first-order chi connectivity index (χ1) is 7.83. The minimum atomic E-state index is 0.793. The topological polar surface area (TPSA) is 38.5 Å². The standard InChI is InChI=1S/C13H20N2O/c1-2-9-16-10-8-15-7-6-11-4-3-5-12(14)13(11)15/h3-5H,2,6-10,14H2,1H3. The van der Waals surface area contributed by atoms with Gasteiger partial charge in [0.1, 0.15) is 0 Å². The smallest absolute Gasteiger partial charge is 0.0641 e. The molecular formula is C13H20N2O. The molecule has 1 aromatic carbocycles. The van der Waals surface area contributed by atoms with Crippen molar-refractivity contribution in [1.82, 2.24) is 0 Å². The zero-order valence-corrected chi connectivity index (χ0v) is 9.91. The van der Waals surface area contributed by atoms with E-state index in [0.717, 1.165) is 44.8 Å². The van der Waals surface area contributed by atoms with Crippen LogP contribution in [0.25, 0.3) is 0 Å². The minimum absolute atomic E-state index is 0.793. The highest BCUT2D eigenvalue weighted by Crippen LogP contribution is 2.33. The average Bonchev–Trinajstić information content (AvgIpc) is 2.69. The van der Waals surface area contributed by atoms with Crippen molar-refractivity contribution < 1.29 is 4.74 Å². The maximum absolute atomic E-state index is 6.01. The minimum Gasteiger partial charge on any atom is -0.397 e. The molecule has 0 amide bonds. The van der Waals surface area contributed by atoms with Gasteiger partial charge in [-0.1, -0.05) is 19.1 Å². The van der Waals surface area contributed by atoms with Gasteiger partial charge in [-0.2, -0.15) is 0 Å². The Morgan fingerprint density at radius 3 is 3.06 bits per heavy atom. The van der Waals surface area contributed by atoms with Crippen LogP contribution in [0.4, 0.5) is 11.4 Å². The Morgan fingerprint density at radius 2 is 2.25 bits per heavy atom. The number of nitrogen functional groups attached to an aromatic ring is 1. The fraction of sp³-hybridized carbons (Fsp3) is 0.538. The van der Waals surface area contributed by atoms with Crippen molar-refractivity contribution in [3.05, 3.63) is 23.8 Å². The van der Waals surface area contributed by atoms with E-state index in [1.165, 1.54) is 11.3 Å². The second-order valence-electron chi connectivity index (χ2n) is 4.20. The molecule has 16 heavy (non-hydrogen) atoms. The Morgan fingerprint density at radius 1 is 1.38 bits per heavy atom. The number of hydrogen-bond donors (Lipinski definition) is 1.